The van der Waals surface area contributed by atoms with Crippen LogP contribution < -0.4 is 0 Å². The molecule has 0 atom stereocenters. The predicted octanol–water partition coefficient (Wildman–Crippen LogP) is 2.17. The molecule has 0 bridgehead atoms. The van der Waals surface area contributed by atoms with Crippen LogP contribution in [0.15, 0.2) is 36.8 Å². The van der Waals surface area contributed by atoms with Crippen LogP contribution in [0, 0.1) is 0 Å². The topological polar surface area (TPSA) is 63.8 Å². The second kappa shape index (κ2) is 3.71. The summed E-state index contributed by atoms with van der Waals surface area (Å²) in [6.07, 6.45) is 3.18. The Morgan fingerprint density at radius 1 is 1.24 bits per heavy atom. The molecule has 1 N–H and O–H groups in total. The second-order valence-electron chi connectivity index (χ2n) is 3.48. The van der Waals surface area contributed by atoms with E-state index in [0.29, 0.717) is 11.2 Å². The Balaban J connectivity index is 2.27. The molecule has 0 unspecified atom stereocenters. The highest BCUT2D eigenvalue weighted by molar-refractivity contribution is 6.28. The largest absolute Gasteiger partial charge is 0.508 e. The van der Waals surface area contributed by atoms with Crippen molar-refractivity contribution in [1.82, 2.24) is 19.5 Å². The molecule has 6 heteroatoms. The quantitative estimate of drug-likeness (QED) is 0.669. The molecule has 84 valence electrons. The van der Waals surface area contributed by atoms with Crippen LogP contribution in [0.25, 0.3) is 16.9 Å². The van der Waals surface area contributed by atoms with E-state index in [2.05, 4.69) is 15.0 Å². The Hall–Kier alpha value is -2.14. The maximum absolute atomic E-state index is 9.45. The predicted molar refractivity (Wildman–Crippen MR) is 63.3 cm³/mol. The molecule has 1 aromatic carbocycles. The first-order valence-electron chi connectivity index (χ1n) is 4.89. The van der Waals surface area contributed by atoms with E-state index in [4.69, 9.17) is 11.6 Å². The number of fused-ring (bicyclic) bond motifs is 1. The minimum atomic E-state index is 0.166. The number of rotatable bonds is 1. The van der Waals surface area contributed by atoms with E-state index in [-0.39, 0.29) is 11.0 Å². The van der Waals surface area contributed by atoms with Crippen LogP contribution in [0.2, 0.25) is 5.28 Å². The van der Waals surface area contributed by atoms with Crippen molar-refractivity contribution >= 4 is 22.8 Å². The number of imidazole rings is 1. The summed E-state index contributed by atoms with van der Waals surface area (Å²) >= 11 is 5.75. The molecule has 0 saturated heterocycles. The lowest BCUT2D eigenvalue weighted by molar-refractivity contribution is 0.475. The Labute approximate surface area is 101 Å². The zero-order valence-corrected chi connectivity index (χ0v) is 9.33. The Kier molecular flexibility index (Phi) is 2.19. The van der Waals surface area contributed by atoms with Crippen LogP contribution in [0.1, 0.15) is 0 Å². The van der Waals surface area contributed by atoms with E-state index >= 15 is 0 Å². The zero-order valence-electron chi connectivity index (χ0n) is 8.58. The summed E-state index contributed by atoms with van der Waals surface area (Å²) in [6, 6.07) is 6.82. The molecule has 0 radical (unpaired) electrons. The average molecular weight is 247 g/mol. The smallest absolute Gasteiger partial charge is 0.224 e. The molecule has 2 aromatic heterocycles. The third-order valence-electron chi connectivity index (χ3n) is 2.37. The van der Waals surface area contributed by atoms with Crippen LogP contribution in [-0.4, -0.2) is 24.6 Å². The van der Waals surface area contributed by atoms with Gasteiger partial charge in [-0.15, -0.1) is 0 Å². The third kappa shape index (κ3) is 1.70. The maximum Gasteiger partial charge on any atom is 0.224 e. The van der Waals surface area contributed by atoms with Crippen LogP contribution in [0.3, 0.4) is 0 Å². The average Bonchev–Trinajstić information content (AvgIpc) is 2.71. The molecule has 0 fully saturated rings. The van der Waals surface area contributed by atoms with Gasteiger partial charge in [-0.2, -0.15) is 4.98 Å². The van der Waals surface area contributed by atoms with Gasteiger partial charge in [0.2, 0.25) is 5.28 Å². The van der Waals surface area contributed by atoms with Gasteiger partial charge in [0.1, 0.15) is 17.6 Å². The first-order chi connectivity index (χ1) is 8.24. The number of phenolic OH excluding ortho intramolecular Hbond substituents is 1. The first kappa shape index (κ1) is 10.0. The first-order valence-corrected chi connectivity index (χ1v) is 5.27. The molecule has 3 aromatic rings. The minimum absolute atomic E-state index is 0.166. The number of aromatic nitrogens is 4. The zero-order chi connectivity index (χ0) is 11.8. The number of nitrogens with zero attached hydrogens (tertiary/aromatic N) is 4. The summed E-state index contributed by atoms with van der Waals surface area (Å²) in [5.74, 6) is 0.185. The number of benzene rings is 1. The fourth-order valence-electron chi connectivity index (χ4n) is 1.62. The fourth-order valence-corrected chi connectivity index (χ4v) is 1.75. The number of halogens is 1. The van der Waals surface area contributed by atoms with Crippen molar-refractivity contribution < 1.29 is 5.11 Å². The van der Waals surface area contributed by atoms with E-state index in [1.54, 1.807) is 35.3 Å². The van der Waals surface area contributed by atoms with Gasteiger partial charge >= 0.3 is 0 Å². The van der Waals surface area contributed by atoms with Crippen molar-refractivity contribution in [3.8, 4) is 11.4 Å². The SMILES string of the molecule is Oc1cccc(-n2cnc3cnc(Cl)nc32)c1. The van der Waals surface area contributed by atoms with E-state index in [1.807, 2.05) is 6.07 Å². The van der Waals surface area contributed by atoms with E-state index in [0.717, 1.165) is 5.69 Å². The van der Waals surface area contributed by atoms with Crippen molar-refractivity contribution in [3.63, 3.8) is 0 Å². The van der Waals surface area contributed by atoms with Gasteiger partial charge in [0.15, 0.2) is 5.65 Å². The lowest BCUT2D eigenvalue weighted by atomic mass is 10.3. The normalized spacial score (nSPS) is 10.9. The summed E-state index contributed by atoms with van der Waals surface area (Å²) in [4.78, 5) is 12.1. The van der Waals surface area contributed by atoms with Crippen molar-refractivity contribution in [2.24, 2.45) is 0 Å². The fraction of sp³-hybridized carbons (Fsp3) is 0. The minimum Gasteiger partial charge on any atom is -0.508 e. The third-order valence-corrected chi connectivity index (χ3v) is 2.55. The van der Waals surface area contributed by atoms with Gasteiger partial charge in [-0.25, -0.2) is 9.97 Å². The van der Waals surface area contributed by atoms with Crippen LogP contribution in [0.5, 0.6) is 5.75 Å². The number of hydrogen-bond acceptors (Lipinski definition) is 4. The molecule has 17 heavy (non-hydrogen) atoms. The monoisotopic (exact) mass is 246 g/mol. The van der Waals surface area contributed by atoms with E-state index in [1.165, 1.54) is 0 Å². The molecule has 0 spiro atoms. The second-order valence-corrected chi connectivity index (χ2v) is 3.82. The summed E-state index contributed by atoms with van der Waals surface area (Å²) in [6.45, 7) is 0. The highest BCUT2D eigenvalue weighted by atomic mass is 35.5. The maximum atomic E-state index is 9.45. The van der Waals surface area contributed by atoms with Crippen molar-refractivity contribution in [2.75, 3.05) is 0 Å². The summed E-state index contributed by atoms with van der Waals surface area (Å²) < 4.78 is 1.74. The number of phenols is 1. The highest BCUT2D eigenvalue weighted by Gasteiger charge is 2.07. The van der Waals surface area contributed by atoms with Crippen molar-refractivity contribution in [3.05, 3.63) is 42.1 Å². The van der Waals surface area contributed by atoms with E-state index in [9.17, 15) is 5.11 Å². The highest BCUT2D eigenvalue weighted by Crippen LogP contribution is 2.19. The molecular weight excluding hydrogens is 240 g/mol. The number of hydrogen-bond donors (Lipinski definition) is 1. The molecule has 0 aliphatic heterocycles. The molecule has 5 nitrogen and oxygen atoms in total. The Bertz CT molecular complexity index is 695. The number of aromatic hydroxyl groups is 1. The Morgan fingerprint density at radius 2 is 2.12 bits per heavy atom. The van der Waals surface area contributed by atoms with E-state index < -0.39 is 0 Å². The molecule has 3 rings (SSSR count). The van der Waals surface area contributed by atoms with Crippen molar-refractivity contribution in [2.45, 2.75) is 0 Å². The van der Waals surface area contributed by atoms with Gasteiger partial charge in [-0.1, -0.05) is 6.07 Å². The lowest BCUT2D eigenvalue weighted by Crippen LogP contribution is -1.94. The summed E-state index contributed by atoms with van der Waals surface area (Å²) in [5.41, 5.74) is 2.02. The Morgan fingerprint density at radius 3 is 2.94 bits per heavy atom. The van der Waals surface area contributed by atoms with Crippen LogP contribution in [-0.2, 0) is 0 Å². The standard InChI is InChI=1S/C11H7ClN4O/c12-11-13-5-9-10(15-11)16(6-14-9)7-2-1-3-8(17)4-7/h1-6,17H. The van der Waals surface area contributed by atoms with Gasteiger partial charge in [0.25, 0.3) is 0 Å². The van der Waals surface area contributed by atoms with Gasteiger partial charge in [-0.3, -0.25) is 4.57 Å². The molecule has 0 aliphatic rings. The molecule has 0 aliphatic carbocycles. The molecule has 2 heterocycles. The van der Waals surface area contributed by atoms with Gasteiger partial charge in [-0.05, 0) is 23.7 Å². The summed E-state index contributed by atoms with van der Waals surface area (Å²) in [5, 5.41) is 9.61. The molecule has 0 amide bonds. The van der Waals surface area contributed by atoms with Gasteiger partial charge in [0.05, 0.1) is 11.9 Å². The van der Waals surface area contributed by atoms with Gasteiger partial charge in [0, 0.05) is 6.07 Å². The lowest BCUT2D eigenvalue weighted by Gasteiger charge is -2.03. The summed E-state index contributed by atoms with van der Waals surface area (Å²) in [7, 11) is 0. The van der Waals surface area contributed by atoms with Crippen molar-refractivity contribution in [1.29, 1.82) is 0 Å². The van der Waals surface area contributed by atoms with Gasteiger partial charge < -0.3 is 5.11 Å². The van der Waals surface area contributed by atoms with Crippen LogP contribution in [0.4, 0.5) is 0 Å². The molecular formula is C11H7ClN4O. The molecule has 0 saturated carbocycles. The van der Waals surface area contributed by atoms with Crippen LogP contribution >= 0.6 is 11.6 Å².